The Morgan fingerprint density at radius 2 is 1.83 bits per heavy atom. The molecule has 0 spiro atoms. The van der Waals surface area contributed by atoms with Gasteiger partial charge in [0.2, 0.25) is 0 Å². The van der Waals surface area contributed by atoms with E-state index in [2.05, 4.69) is 47.8 Å². The Hall–Kier alpha value is -2.10. The van der Waals surface area contributed by atoms with Crippen LogP contribution in [0.5, 0.6) is 5.75 Å². The van der Waals surface area contributed by atoms with E-state index < -0.39 is 0 Å². The smallest absolute Gasteiger partial charge is 0.127 e. The highest BCUT2D eigenvalue weighted by Crippen LogP contribution is 2.40. The lowest BCUT2D eigenvalue weighted by Gasteiger charge is -2.22. The molecule has 2 aromatic carbocycles. The molecule has 0 amide bonds. The van der Waals surface area contributed by atoms with Crippen molar-refractivity contribution in [2.24, 2.45) is 0 Å². The summed E-state index contributed by atoms with van der Waals surface area (Å²) in [5.74, 6) is 0.953. The van der Waals surface area contributed by atoms with E-state index in [9.17, 15) is 5.11 Å². The number of nitrogens with one attached hydrogen (secondary N) is 1. The summed E-state index contributed by atoms with van der Waals surface area (Å²) in [5.41, 5.74) is 7.75. The molecular weight excluding hydrogens is 298 g/mol. The molecule has 0 bridgehead atoms. The zero-order chi connectivity index (χ0) is 16.4. The second kappa shape index (κ2) is 6.80. The molecule has 2 heterocycles. The van der Waals surface area contributed by atoms with E-state index in [-0.39, 0.29) is 6.61 Å². The third-order valence-corrected chi connectivity index (χ3v) is 4.94. The quantitative estimate of drug-likeness (QED) is 0.892. The Morgan fingerprint density at radius 3 is 2.67 bits per heavy atom. The van der Waals surface area contributed by atoms with Crippen LogP contribution in [0.25, 0.3) is 5.57 Å². The van der Waals surface area contributed by atoms with Gasteiger partial charge in [-0.3, -0.25) is 0 Å². The monoisotopic (exact) mass is 321 g/mol. The summed E-state index contributed by atoms with van der Waals surface area (Å²) in [6.07, 6.45) is 2.83. The maximum Gasteiger partial charge on any atom is 0.127 e. The average molecular weight is 321 g/mol. The van der Waals surface area contributed by atoms with Crippen molar-refractivity contribution in [1.29, 1.82) is 0 Å². The molecule has 0 radical (unpaired) electrons. The van der Waals surface area contributed by atoms with Gasteiger partial charge in [-0.05, 0) is 66.7 Å². The zero-order valence-electron chi connectivity index (χ0n) is 13.8. The summed E-state index contributed by atoms with van der Waals surface area (Å²) in [5, 5.41) is 12.8. The van der Waals surface area contributed by atoms with Crippen LogP contribution in [0.1, 0.15) is 35.1 Å². The zero-order valence-corrected chi connectivity index (χ0v) is 13.8. The average Bonchev–Trinajstić information content (AvgIpc) is 2.79. The summed E-state index contributed by atoms with van der Waals surface area (Å²) in [4.78, 5) is 0. The van der Waals surface area contributed by atoms with E-state index >= 15 is 0 Å². The third-order valence-electron chi connectivity index (χ3n) is 4.94. The molecule has 1 fully saturated rings. The van der Waals surface area contributed by atoms with Crippen LogP contribution in [0.15, 0.2) is 48.0 Å². The van der Waals surface area contributed by atoms with E-state index in [1.54, 1.807) is 0 Å². The van der Waals surface area contributed by atoms with Crippen molar-refractivity contribution in [2.75, 3.05) is 19.7 Å². The van der Waals surface area contributed by atoms with E-state index in [1.165, 1.54) is 27.8 Å². The number of ether oxygens (including phenoxy) is 1. The highest BCUT2D eigenvalue weighted by atomic mass is 16.5. The molecule has 2 N–H and O–H groups in total. The van der Waals surface area contributed by atoms with Crippen molar-refractivity contribution in [1.82, 2.24) is 5.32 Å². The molecule has 0 aromatic heterocycles. The molecule has 24 heavy (non-hydrogen) atoms. The summed E-state index contributed by atoms with van der Waals surface area (Å²) in [7, 11) is 0. The molecule has 0 saturated carbocycles. The minimum atomic E-state index is 0.173. The number of piperidine rings is 1. The first kappa shape index (κ1) is 15.4. The first-order chi connectivity index (χ1) is 11.9. The normalized spacial score (nSPS) is 16.9. The van der Waals surface area contributed by atoms with Crippen LogP contribution < -0.4 is 10.1 Å². The van der Waals surface area contributed by atoms with Gasteiger partial charge in [0, 0.05) is 12.2 Å². The third kappa shape index (κ3) is 2.85. The van der Waals surface area contributed by atoms with Gasteiger partial charge in [0.25, 0.3) is 0 Å². The minimum absolute atomic E-state index is 0.173. The highest BCUT2D eigenvalue weighted by molar-refractivity contribution is 5.87. The molecule has 0 unspecified atom stereocenters. The maximum atomic E-state index is 9.30. The summed E-state index contributed by atoms with van der Waals surface area (Å²) in [6, 6.07) is 14.9. The van der Waals surface area contributed by atoms with Crippen LogP contribution in [0.4, 0.5) is 0 Å². The Morgan fingerprint density at radius 1 is 1.00 bits per heavy atom. The van der Waals surface area contributed by atoms with Crippen molar-refractivity contribution >= 4 is 5.57 Å². The fraction of sp³-hybridized carbons (Fsp3) is 0.333. The Bertz CT molecular complexity index is 771. The van der Waals surface area contributed by atoms with Crippen molar-refractivity contribution in [2.45, 2.75) is 25.9 Å². The van der Waals surface area contributed by atoms with Crippen LogP contribution in [-0.4, -0.2) is 24.8 Å². The summed E-state index contributed by atoms with van der Waals surface area (Å²) >= 11 is 0. The van der Waals surface area contributed by atoms with Crippen LogP contribution in [0.3, 0.4) is 0 Å². The lowest BCUT2D eigenvalue weighted by atomic mass is 9.86. The predicted molar refractivity (Wildman–Crippen MR) is 96.1 cm³/mol. The molecule has 3 heteroatoms. The first-order valence-corrected chi connectivity index (χ1v) is 8.75. The van der Waals surface area contributed by atoms with Crippen LogP contribution in [-0.2, 0) is 13.0 Å². The number of fused-ring (bicyclic) bond motifs is 2. The van der Waals surface area contributed by atoms with Gasteiger partial charge in [-0.25, -0.2) is 0 Å². The predicted octanol–water partition coefficient (Wildman–Crippen LogP) is 3.30. The number of hydrogen-bond donors (Lipinski definition) is 2. The van der Waals surface area contributed by atoms with Gasteiger partial charge in [0.1, 0.15) is 12.4 Å². The van der Waals surface area contributed by atoms with Crippen LogP contribution >= 0.6 is 0 Å². The standard InChI is InChI=1S/C21H23NO2/c23-12-9-15-5-6-20-19(13-15)21(16-7-10-22-11-8-16)18-4-2-1-3-17(18)14-24-20/h1-6,13,22-23H,7-12,14H2. The van der Waals surface area contributed by atoms with Crippen LogP contribution in [0, 0.1) is 0 Å². The minimum Gasteiger partial charge on any atom is -0.488 e. The molecule has 2 aromatic rings. The van der Waals surface area contributed by atoms with Crippen LogP contribution in [0.2, 0.25) is 0 Å². The van der Waals surface area contributed by atoms with Gasteiger partial charge in [-0.2, -0.15) is 0 Å². The Labute approximate surface area is 143 Å². The fourth-order valence-electron chi connectivity index (χ4n) is 3.73. The lowest BCUT2D eigenvalue weighted by molar-refractivity contribution is 0.298. The molecule has 0 aliphatic carbocycles. The number of hydrogen-bond acceptors (Lipinski definition) is 3. The van der Waals surface area contributed by atoms with Gasteiger partial charge in [0.05, 0.1) is 0 Å². The van der Waals surface area contributed by atoms with Crippen molar-refractivity contribution in [3.8, 4) is 5.75 Å². The van der Waals surface area contributed by atoms with Gasteiger partial charge in [-0.15, -0.1) is 0 Å². The molecule has 2 aliphatic heterocycles. The highest BCUT2D eigenvalue weighted by Gasteiger charge is 2.23. The van der Waals surface area contributed by atoms with Gasteiger partial charge in [0.15, 0.2) is 0 Å². The second-order valence-electron chi connectivity index (χ2n) is 6.48. The number of benzene rings is 2. The van der Waals surface area contributed by atoms with Gasteiger partial charge in [-0.1, -0.05) is 35.9 Å². The van der Waals surface area contributed by atoms with E-state index in [0.717, 1.165) is 37.2 Å². The molecule has 1 saturated heterocycles. The van der Waals surface area contributed by atoms with Gasteiger partial charge < -0.3 is 15.2 Å². The van der Waals surface area contributed by atoms with Gasteiger partial charge >= 0.3 is 0 Å². The first-order valence-electron chi connectivity index (χ1n) is 8.75. The Kier molecular flexibility index (Phi) is 4.37. The molecule has 3 nitrogen and oxygen atoms in total. The number of rotatable bonds is 2. The molecule has 4 rings (SSSR count). The molecule has 0 atom stereocenters. The lowest BCUT2D eigenvalue weighted by Crippen LogP contribution is -2.24. The van der Waals surface area contributed by atoms with E-state index in [1.807, 2.05) is 0 Å². The largest absolute Gasteiger partial charge is 0.488 e. The Balaban J connectivity index is 1.93. The van der Waals surface area contributed by atoms with Crippen molar-refractivity contribution in [3.05, 3.63) is 70.3 Å². The molecule has 2 aliphatic rings. The fourth-order valence-corrected chi connectivity index (χ4v) is 3.73. The molecular formula is C21H23NO2. The summed E-state index contributed by atoms with van der Waals surface area (Å²) in [6.45, 7) is 2.85. The van der Waals surface area contributed by atoms with E-state index in [0.29, 0.717) is 13.0 Å². The summed E-state index contributed by atoms with van der Waals surface area (Å²) < 4.78 is 6.12. The number of aliphatic hydroxyl groups is 1. The van der Waals surface area contributed by atoms with Crippen molar-refractivity contribution in [3.63, 3.8) is 0 Å². The van der Waals surface area contributed by atoms with E-state index in [4.69, 9.17) is 4.74 Å². The second-order valence-corrected chi connectivity index (χ2v) is 6.48. The van der Waals surface area contributed by atoms with Crippen molar-refractivity contribution < 1.29 is 9.84 Å². The number of aliphatic hydroxyl groups excluding tert-OH is 1. The topological polar surface area (TPSA) is 41.5 Å². The molecule has 124 valence electrons. The SMILES string of the molecule is OCCc1ccc2c(c1)C(=C1CCNCC1)c1ccccc1CO2. The maximum absolute atomic E-state index is 9.30.